The van der Waals surface area contributed by atoms with E-state index < -0.39 is 17.3 Å². The second kappa shape index (κ2) is 13.6. The van der Waals surface area contributed by atoms with Gasteiger partial charge in [0.2, 0.25) is 5.56 Å². The average molecular weight is 525 g/mol. The van der Waals surface area contributed by atoms with Crippen LogP contribution in [0.15, 0.2) is 23.0 Å². The van der Waals surface area contributed by atoms with Crippen LogP contribution in [-0.4, -0.2) is 32.8 Å². The van der Waals surface area contributed by atoms with Crippen molar-refractivity contribution in [2.75, 3.05) is 18.1 Å². The Bertz CT molecular complexity index is 1180. The molecule has 0 atom stereocenters. The minimum Gasteiger partial charge on any atom is -0.396 e. The highest BCUT2D eigenvalue weighted by atomic mass is 32.2. The average Bonchev–Trinajstić information content (AvgIpc) is 3.11. The minimum absolute atomic E-state index is 0.0945. The van der Waals surface area contributed by atoms with Gasteiger partial charge in [-0.2, -0.15) is 24.9 Å². The van der Waals surface area contributed by atoms with Crippen LogP contribution in [-0.2, 0) is 19.1 Å². The highest BCUT2D eigenvalue weighted by Crippen LogP contribution is 2.39. The second-order valence-corrected chi connectivity index (χ2v) is 10.7. The molecule has 1 aromatic carbocycles. The van der Waals surface area contributed by atoms with E-state index in [9.17, 15) is 18.0 Å². The first-order chi connectivity index (χ1) is 17.3. The predicted molar refractivity (Wildman–Crippen MR) is 145 cm³/mol. The number of aryl methyl sites for hydroxylation is 2. The van der Waals surface area contributed by atoms with Crippen molar-refractivity contribution in [3.63, 3.8) is 0 Å². The van der Waals surface area contributed by atoms with E-state index >= 15 is 0 Å². The standard InChI is InChI=1S/C28H39F3N2O2S/c1-3-23-20(2)26-24(14-13-22-27(26)21(28(29,30)31)19-25(35)32-22)33(23)15-9-7-5-4-6-8-11-17-36-18-12-10-16-34/h13-14,19,34H,3-12,15-18H2,1-2H3,(H,32,35). The Hall–Kier alpha value is -1.93. The van der Waals surface area contributed by atoms with Crippen molar-refractivity contribution in [3.8, 4) is 0 Å². The molecule has 0 spiro atoms. The Morgan fingerprint density at radius 2 is 1.58 bits per heavy atom. The smallest absolute Gasteiger partial charge is 0.396 e. The summed E-state index contributed by atoms with van der Waals surface area (Å²) in [6.07, 6.45) is 6.37. The molecule has 0 amide bonds. The van der Waals surface area contributed by atoms with Crippen molar-refractivity contribution in [1.29, 1.82) is 0 Å². The largest absolute Gasteiger partial charge is 0.417 e. The number of pyridine rings is 1. The van der Waals surface area contributed by atoms with Crippen LogP contribution in [0.5, 0.6) is 0 Å². The van der Waals surface area contributed by atoms with Crippen molar-refractivity contribution in [1.82, 2.24) is 9.55 Å². The summed E-state index contributed by atoms with van der Waals surface area (Å²) in [7, 11) is 0. The molecule has 0 aliphatic rings. The van der Waals surface area contributed by atoms with Crippen molar-refractivity contribution >= 4 is 33.6 Å². The minimum atomic E-state index is -4.60. The normalized spacial score (nSPS) is 12.3. The van der Waals surface area contributed by atoms with E-state index in [1.54, 1.807) is 6.07 Å². The van der Waals surface area contributed by atoms with Gasteiger partial charge in [0.1, 0.15) is 0 Å². The maximum atomic E-state index is 13.9. The lowest BCUT2D eigenvalue weighted by Gasteiger charge is -2.12. The number of aliphatic hydroxyl groups is 1. The molecular formula is C28H39F3N2O2S. The first kappa shape index (κ1) is 28.6. The Morgan fingerprint density at radius 3 is 2.22 bits per heavy atom. The van der Waals surface area contributed by atoms with E-state index in [4.69, 9.17) is 5.11 Å². The molecule has 2 N–H and O–H groups in total. The summed E-state index contributed by atoms with van der Waals surface area (Å²) in [6.45, 7) is 5.01. The van der Waals surface area contributed by atoms with Crippen molar-refractivity contribution < 1.29 is 18.3 Å². The summed E-state index contributed by atoms with van der Waals surface area (Å²) in [5, 5.41) is 9.48. The van der Waals surface area contributed by atoms with E-state index in [1.807, 2.05) is 31.7 Å². The lowest BCUT2D eigenvalue weighted by atomic mass is 10.0. The Kier molecular flexibility index (Phi) is 10.8. The van der Waals surface area contributed by atoms with Gasteiger partial charge in [-0.15, -0.1) is 0 Å². The number of alkyl halides is 3. The molecule has 0 unspecified atom stereocenters. The van der Waals surface area contributed by atoms with Gasteiger partial charge >= 0.3 is 6.18 Å². The molecule has 2 aromatic heterocycles. The Labute approximate surface area is 215 Å². The number of benzene rings is 1. The number of rotatable bonds is 15. The van der Waals surface area contributed by atoms with Crippen LogP contribution in [0.4, 0.5) is 13.2 Å². The van der Waals surface area contributed by atoms with E-state index in [0.29, 0.717) is 18.1 Å². The molecule has 200 valence electrons. The molecule has 0 aliphatic carbocycles. The number of hydrogen-bond donors (Lipinski definition) is 2. The van der Waals surface area contributed by atoms with Crippen molar-refractivity contribution in [2.24, 2.45) is 0 Å². The molecule has 0 bridgehead atoms. The van der Waals surface area contributed by atoms with Crippen LogP contribution in [0.25, 0.3) is 21.8 Å². The first-order valence-electron chi connectivity index (χ1n) is 13.2. The van der Waals surface area contributed by atoms with E-state index in [0.717, 1.165) is 61.2 Å². The number of halogens is 3. The number of hydrogen-bond acceptors (Lipinski definition) is 3. The van der Waals surface area contributed by atoms with Gasteiger partial charge in [-0.25, -0.2) is 0 Å². The lowest BCUT2D eigenvalue weighted by molar-refractivity contribution is -0.136. The zero-order valence-corrected chi connectivity index (χ0v) is 22.3. The number of H-pyrrole nitrogens is 1. The molecule has 0 saturated heterocycles. The number of nitrogens with one attached hydrogen (secondary N) is 1. The zero-order valence-electron chi connectivity index (χ0n) is 21.5. The van der Waals surface area contributed by atoms with Gasteiger partial charge in [-0.3, -0.25) is 4.79 Å². The Morgan fingerprint density at radius 1 is 0.944 bits per heavy atom. The number of aliphatic hydroxyl groups excluding tert-OH is 1. The quantitative estimate of drug-likeness (QED) is 0.201. The van der Waals surface area contributed by atoms with Crippen LogP contribution in [0, 0.1) is 6.92 Å². The van der Waals surface area contributed by atoms with Crippen LogP contribution >= 0.6 is 11.8 Å². The molecule has 0 radical (unpaired) electrons. The van der Waals surface area contributed by atoms with Gasteiger partial charge in [-0.05, 0) is 68.2 Å². The first-order valence-corrected chi connectivity index (χ1v) is 14.4. The highest BCUT2D eigenvalue weighted by molar-refractivity contribution is 7.99. The number of nitrogens with zero attached hydrogens (tertiary/aromatic N) is 1. The van der Waals surface area contributed by atoms with E-state index in [1.165, 1.54) is 37.9 Å². The summed E-state index contributed by atoms with van der Waals surface area (Å²) in [5.41, 5.74) is 1.37. The molecular weight excluding hydrogens is 485 g/mol. The van der Waals surface area contributed by atoms with Crippen LogP contribution in [0.2, 0.25) is 0 Å². The summed E-state index contributed by atoms with van der Waals surface area (Å²) < 4.78 is 43.8. The molecule has 0 fully saturated rings. The fourth-order valence-corrected chi connectivity index (χ4v) is 6.18. The third kappa shape index (κ3) is 7.09. The fourth-order valence-electron chi connectivity index (χ4n) is 5.16. The molecule has 36 heavy (non-hydrogen) atoms. The number of unbranched alkanes of at least 4 members (excludes halogenated alkanes) is 7. The monoisotopic (exact) mass is 524 g/mol. The fraction of sp³-hybridized carbons (Fsp3) is 0.607. The Balaban J connectivity index is 1.61. The molecule has 8 heteroatoms. The summed E-state index contributed by atoms with van der Waals surface area (Å²) >= 11 is 1.98. The number of aromatic amines is 1. The van der Waals surface area contributed by atoms with Gasteiger partial charge in [-0.1, -0.05) is 39.0 Å². The molecule has 3 aromatic rings. The topological polar surface area (TPSA) is 58.0 Å². The summed E-state index contributed by atoms with van der Waals surface area (Å²) in [5.74, 6) is 2.34. The lowest BCUT2D eigenvalue weighted by Crippen LogP contribution is -2.14. The maximum absolute atomic E-state index is 13.9. The second-order valence-electron chi connectivity index (χ2n) is 9.52. The van der Waals surface area contributed by atoms with Gasteiger partial charge in [0.15, 0.2) is 0 Å². The molecule has 0 aliphatic heterocycles. The van der Waals surface area contributed by atoms with E-state index in [2.05, 4.69) is 9.55 Å². The van der Waals surface area contributed by atoms with Gasteiger partial charge in [0, 0.05) is 46.7 Å². The summed E-state index contributed by atoms with van der Waals surface area (Å²) in [6, 6.07) is 4.14. The van der Waals surface area contributed by atoms with Gasteiger partial charge < -0.3 is 14.7 Å². The third-order valence-electron chi connectivity index (χ3n) is 6.92. The SMILES string of the molecule is CCc1c(C)c2c3c(C(F)(F)F)cc(=O)[nH]c3ccc2n1CCCCCCCCCSCCCCO. The number of fused-ring (bicyclic) bond motifs is 3. The van der Waals surface area contributed by atoms with Gasteiger partial charge in [0.05, 0.1) is 5.56 Å². The molecule has 4 nitrogen and oxygen atoms in total. The van der Waals surface area contributed by atoms with Crippen molar-refractivity contribution in [3.05, 3.63) is 45.4 Å². The summed E-state index contributed by atoms with van der Waals surface area (Å²) in [4.78, 5) is 14.5. The van der Waals surface area contributed by atoms with Crippen LogP contribution in [0.1, 0.15) is 81.5 Å². The zero-order chi connectivity index (χ0) is 26.1. The molecule has 2 heterocycles. The highest BCUT2D eigenvalue weighted by Gasteiger charge is 2.34. The maximum Gasteiger partial charge on any atom is 0.417 e. The van der Waals surface area contributed by atoms with Crippen LogP contribution in [0.3, 0.4) is 0 Å². The predicted octanol–water partition coefficient (Wildman–Crippen LogP) is 7.61. The number of aromatic nitrogens is 2. The van der Waals surface area contributed by atoms with E-state index in [-0.39, 0.29) is 10.9 Å². The van der Waals surface area contributed by atoms with Crippen molar-refractivity contribution in [2.45, 2.75) is 90.8 Å². The third-order valence-corrected chi connectivity index (χ3v) is 8.07. The van der Waals surface area contributed by atoms with Gasteiger partial charge in [0.25, 0.3) is 0 Å². The molecule has 0 saturated carbocycles. The number of thioether (sulfide) groups is 1. The molecule has 3 rings (SSSR count). The van der Waals surface area contributed by atoms with Crippen LogP contribution < -0.4 is 5.56 Å².